The fraction of sp³-hybridized carbons (Fsp3) is 0.184. The second-order valence-corrected chi connectivity index (χ2v) is 15.5. The molecular formula is C38H39MoO2P2+2. The fourth-order valence-corrected chi connectivity index (χ4v) is 11.9. The molecule has 0 bridgehead atoms. The molecule has 1 saturated carbocycles. The number of carbonyl (C=O) groups excluding carboxylic acids is 2. The van der Waals surface area contributed by atoms with E-state index < -0.39 is 15.8 Å². The van der Waals surface area contributed by atoms with Crippen molar-refractivity contribution in [2.75, 3.05) is 12.3 Å². The first kappa shape index (κ1) is 36.4. The van der Waals surface area contributed by atoms with E-state index in [-0.39, 0.29) is 21.1 Å². The second-order valence-electron chi connectivity index (χ2n) is 10.3. The number of hydrogen-bond acceptors (Lipinski definition) is 2. The van der Waals surface area contributed by atoms with Gasteiger partial charge in [-0.2, -0.15) is 13.3 Å². The van der Waals surface area contributed by atoms with Crippen LogP contribution in [0.4, 0.5) is 0 Å². The monoisotopic (exact) mass is 687 g/mol. The van der Waals surface area contributed by atoms with Crippen LogP contribution in [0.2, 0.25) is 0 Å². The molecule has 43 heavy (non-hydrogen) atoms. The minimum absolute atomic E-state index is 0. The van der Waals surface area contributed by atoms with Crippen LogP contribution in [0.1, 0.15) is 19.8 Å². The van der Waals surface area contributed by atoms with Crippen LogP contribution in [0.5, 0.6) is 0 Å². The molecule has 2 aliphatic carbocycles. The quantitative estimate of drug-likeness (QED) is 0.124. The zero-order chi connectivity index (χ0) is 30.0. The van der Waals surface area contributed by atoms with Gasteiger partial charge < -0.3 is 29.1 Å². The third-order valence-corrected chi connectivity index (χ3v) is 13.9. The van der Waals surface area contributed by atoms with Gasteiger partial charge in [-0.05, 0) is 54.4 Å². The molecule has 0 spiro atoms. The van der Waals surface area contributed by atoms with Crippen LogP contribution in [-0.4, -0.2) is 25.9 Å². The van der Waals surface area contributed by atoms with Crippen molar-refractivity contribution < 1.29 is 30.7 Å². The SMILES string of the molecule is C[C-]1CCC2C=CC=C[C@@H]12.[C-]=O.[C-]=O.[Mo+3].c1ccc([PH+](CC[PH+](c2ccccc2)c2ccccc2)c2ccccc2)cc1. The van der Waals surface area contributed by atoms with E-state index in [1.807, 2.05) is 0 Å². The summed E-state index contributed by atoms with van der Waals surface area (Å²) in [6.07, 6.45) is 14.3. The molecule has 1 fully saturated rings. The van der Waals surface area contributed by atoms with Gasteiger partial charge in [0.2, 0.25) is 0 Å². The van der Waals surface area contributed by atoms with Gasteiger partial charge in [0.15, 0.2) is 0 Å². The molecule has 4 aromatic carbocycles. The average Bonchev–Trinajstić information content (AvgIpc) is 3.47. The Hall–Kier alpha value is -2.75. The van der Waals surface area contributed by atoms with E-state index in [4.69, 9.17) is 9.59 Å². The third-order valence-electron chi connectivity index (χ3n) is 7.80. The molecule has 2 atom stereocenters. The van der Waals surface area contributed by atoms with Gasteiger partial charge >= 0.3 is 21.1 Å². The topological polar surface area (TPSA) is 34.1 Å². The Bertz CT molecular complexity index is 1170. The molecule has 0 saturated heterocycles. The Morgan fingerprint density at radius 3 is 1.23 bits per heavy atom. The maximum Gasteiger partial charge on any atom is 3.00 e. The maximum atomic E-state index is 7.50. The first-order chi connectivity index (χ1) is 20.8. The summed E-state index contributed by atoms with van der Waals surface area (Å²) in [4.78, 5) is 15.0. The minimum atomic E-state index is -0.783. The van der Waals surface area contributed by atoms with E-state index in [0.717, 1.165) is 11.8 Å². The number of fused-ring (bicyclic) bond motifs is 1. The van der Waals surface area contributed by atoms with Gasteiger partial charge in [0.05, 0.1) is 37.1 Å². The van der Waals surface area contributed by atoms with Gasteiger partial charge in [0.25, 0.3) is 0 Å². The number of rotatable bonds is 7. The van der Waals surface area contributed by atoms with E-state index >= 15 is 0 Å². The Kier molecular flexibility index (Phi) is 17.8. The predicted molar refractivity (Wildman–Crippen MR) is 185 cm³/mol. The molecule has 3 radical (unpaired) electrons. The van der Waals surface area contributed by atoms with Gasteiger partial charge in [0.1, 0.15) is 12.3 Å². The normalized spacial score (nSPS) is 16.3. The summed E-state index contributed by atoms with van der Waals surface area (Å²) < 4.78 is 0. The van der Waals surface area contributed by atoms with Crippen LogP contribution in [-0.2, 0) is 30.7 Å². The van der Waals surface area contributed by atoms with Gasteiger partial charge in [-0.1, -0.05) is 97.4 Å². The zero-order valence-electron chi connectivity index (χ0n) is 24.6. The number of benzene rings is 4. The Labute approximate surface area is 275 Å². The molecule has 4 aromatic rings. The summed E-state index contributed by atoms with van der Waals surface area (Å²) in [6.45, 7) is 11.3. The molecule has 2 aliphatic rings. The average molecular weight is 686 g/mol. The summed E-state index contributed by atoms with van der Waals surface area (Å²) in [5.41, 5.74) is 0. The van der Waals surface area contributed by atoms with Crippen molar-refractivity contribution in [2.45, 2.75) is 19.8 Å². The molecule has 6 rings (SSSR count). The van der Waals surface area contributed by atoms with Crippen molar-refractivity contribution in [3.05, 3.63) is 152 Å². The minimum Gasteiger partial charge on any atom is -0.573 e. The summed E-state index contributed by atoms with van der Waals surface area (Å²) in [6, 6.07) is 44.5. The van der Waals surface area contributed by atoms with Crippen LogP contribution in [0.15, 0.2) is 146 Å². The molecule has 2 nitrogen and oxygen atoms in total. The standard InChI is InChI=1S/C26H24P2.C10H13.2CO.Mo/c1-5-13-23(14-6-1)27(24-15-7-2-8-16-24)21-22-28(25-17-9-3-10-18-25)26-19-11-4-12-20-26;1-8-6-7-9-4-2-3-5-10(8)9;2*1-2;/h1-20H,21-22H2;2-5,9-10H,6-7H2,1H3;;;/q;3*-1;+3/p+2/t;9?,10-;;;/m.0.../s1. The number of allylic oxidation sites excluding steroid dienone is 4. The molecule has 5 heteroatoms. The Balaban J connectivity index is 0.000000359. The van der Waals surface area contributed by atoms with Gasteiger partial charge in [-0.15, -0.1) is 12.0 Å². The van der Waals surface area contributed by atoms with E-state index in [1.165, 1.54) is 46.4 Å². The van der Waals surface area contributed by atoms with Crippen LogP contribution in [0, 0.1) is 17.8 Å². The van der Waals surface area contributed by atoms with Gasteiger partial charge in [-0.25, -0.2) is 0 Å². The van der Waals surface area contributed by atoms with E-state index in [0.29, 0.717) is 0 Å². The van der Waals surface area contributed by atoms with E-state index in [9.17, 15) is 0 Å². The van der Waals surface area contributed by atoms with Gasteiger partial charge in [-0.3, -0.25) is 0 Å². The van der Waals surface area contributed by atoms with Crippen LogP contribution < -0.4 is 21.2 Å². The summed E-state index contributed by atoms with van der Waals surface area (Å²) in [5, 5.41) is 6.06. The smallest absolute Gasteiger partial charge is 0.573 e. The van der Waals surface area contributed by atoms with Crippen LogP contribution >= 0.6 is 15.8 Å². The predicted octanol–water partition coefficient (Wildman–Crippen LogP) is 6.65. The van der Waals surface area contributed by atoms with E-state index in [2.05, 4.69) is 166 Å². The van der Waals surface area contributed by atoms with E-state index in [1.54, 1.807) is 5.92 Å². The largest absolute Gasteiger partial charge is 3.00 e. The van der Waals surface area contributed by atoms with Crippen molar-refractivity contribution in [1.82, 2.24) is 0 Å². The molecule has 1 unspecified atom stereocenters. The van der Waals surface area contributed by atoms with Crippen LogP contribution in [0.25, 0.3) is 0 Å². The second kappa shape index (κ2) is 21.0. The molecule has 0 N–H and O–H groups in total. The maximum absolute atomic E-state index is 7.50. The van der Waals surface area contributed by atoms with Crippen molar-refractivity contribution in [1.29, 1.82) is 0 Å². The molecule has 0 aromatic heterocycles. The van der Waals surface area contributed by atoms with Crippen molar-refractivity contribution in [2.24, 2.45) is 11.8 Å². The first-order valence-electron chi connectivity index (χ1n) is 14.3. The molecule has 0 aliphatic heterocycles. The van der Waals surface area contributed by atoms with Crippen LogP contribution in [0.3, 0.4) is 0 Å². The van der Waals surface area contributed by atoms with Crippen molar-refractivity contribution in [3.63, 3.8) is 0 Å². The zero-order valence-corrected chi connectivity index (χ0v) is 28.6. The Morgan fingerprint density at radius 2 is 0.907 bits per heavy atom. The van der Waals surface area contributed by atoms with Gasteiger partial charge in [0, 0.05) is 0 Å². The summed E-state index contributed by atoms with van der Waals surface area (Å²) in [5.74, 6) is 3.29. The Morgan fingerprint density at radius 1 is 0.581 bits per heavy atom. The number of hydrogen-bond donors (Lipinski definition) is 0. The molecule has 0 heterocycles. The summed E-state index contributed by atoms with van der Waals surface area (Å²) in [7, 11) is -1.57. The van der Waals surface area contributed by atoms with Crippen molar-refractivity contribution >= 4 is 50.6 Å². The third kappa shape index (κ3) is 11.0. The fourth-order valence-electron chi connectivity index (χ4n) is 5.74. The molecule has 217 valence electrons. The summed E-state index contributed by atoms with van der Waals surface area (Å²) >= 11 is 0. The van der Waals surface area contributed by atoms with Crippen molar-refractivity contribution in [3.8, 4) is 0 Å². The molecular weight excluding hydrogens is 646 g/mol. The first-order valence-corrected chi connectivity index (χ1v) is 17.7. The molecule has 0 amide bonds.